The van der Waals surface area contributed by atoms with Gasteiger partial charge in [0.1, 0.15) is 0 Å². The van der Waals surface area contributed by atoms with E-state index in [2.05, 4.69) is 0 Å². The number of rotatable bonds is 6. The number of benzene rings is 1. The first-order valence-corrected chi connectivity index (χ1v) is 10.8. The highest BCUT2D eigenvalue weighted by Crippen LogP contribution is 2.38. The Balaban J connectivity index is 1.64. The largest absolute Gasteiger partial charge is 0.493 e. The maximum atomic E-state index is 12.7. The third kappa shape index (κ3) is 5.16. The van der Waals surface area contributed by atoms with Crippen molar-refractivity contribution in [3.63, 3.8) is 0 Å². The number of methoxy groups -OCH3 is 1. The molecule has 1 saturated heterocycles. The summed E-state index contributed by atoms with van der Waals surface area (Å²) in [5.41, 5.74) is 0.227. The van der Waals surface area contributed by atoms with E-state index in [0.717, 1.165) is 25.8 Å². The van der Waals surface area contributed by atoms with Crippen molar-refractivity contribution < 1.29 is 23.8 Å². The summed E-state index contributed by atoms with van der Waals surface area (Å²) in [6.07, 6.45) is 6.77. The molecule has 1 heterocycles. The van der Waals surface area contributed by atoms with E-state index in [1.54, 1.807) is 0 Å². The van der Waals surface area contributed by atoms with Crippen molar-refractivity contribution in [2.45, 2.75) is 64.5 Å². The number of halogens is 1. The van der Waals surface area contributed by atoms with Crippen LogP contribution in [0.5, 0.6) is 11.5 Å². The molecule has 2 atom stereocenters. The summed E-state index contributed by atoms with van der Waals surface area (Å²) >= 11 is 6.27. The quantitative estimate of drug-likeness (QED) is 0.631. The van der Waals surface area contributed by atoms with E-state index in [1.165, 1.54) is 38.5 Å². The van der Waals surface area contributed by atoms with Crippen molar-refractivity contribution in [1.29, 1.82) is 0 Å². The van der Waals surface area contributed by atoms with Gasteiger partial charge in [-0.2, -0.15) is 0 Å². The van der Waals surface area contributed by atoms with Crippen molar-refractivity contribution in [2.24, 2.45) is 5.92 Å². The summed E-state index contributed by atoms with van der Waals surface area (Å²) in [7, 11) is 1.48. The molecule has 2 fully saturated rings. The molecule has 160 valence electrons. The zero-order chi connectivity index (χ0) is 21.0. The molecule has 1 amide bonds. The van der Waals surface area contributed by atoms with Crippen LogP contribution >= 0.6 is 11.6 Å². The molecule has 0 unspecified atom stereocenters. The van der Waals surface area contributed by atoms with E-state index in [9.17, 15) is 9.59 Å². The standard InChI is InChI=1S/C22H30ClNO5/c1-14(2)29-21-17(23)11-16(12-19(21)27-3)22(26)28-13-20(25)24-10-6-8-15-7-4-5-9-18(15)24/h11-12,14-15,18H,4-10,13H2,1-3H3/t15-,18+/m1/s1. The number of amides is 1. The van der Waals surface area contributed by atoms with Gasteiger partial charge in [0.15, 0.2) is 18.1 Å². The first-order valence-electron chi connectivity index (χ1n) is 10.4. The molecule has 0 N–H and O–H groups in total. The van der Waals surface area contributed by atoms with Gasteiger partial charge in [-0.1, -0.05) is 24.4 Å². The molecular formula is C22H30ClNO5. The predicted octanol–water partition coefficient (Wildman–Crippen LogP) is 4.47. The average Bonchev–Trinajstić information content (AvgIpc) is 2.72. The molecule has 0 aromatic heterocycles. The second-order valence-electron chi connectivity index (χ2n) is 8.07. The van der Waals surface area contributed by atoms with Crippen molar-refractivity contribution in [3.8, 4) is 11.5 Å². The van der Waals surface area contributed by atoms with Crippen LogP contribution < -0.4 is 9.47 Å². The van der Waals surface area contributed by atoms with Gasteiger partial charge in [-0.25, -0.2) is 4.79 Å². The van der Waals surface area contributed by atoms with Crippen LogP contribution in [0.2, 0.25) is 5.02 Å². The lowest BCUT2D eigenvalue weighted by molar-refractivity contribution is -0.140. The maximum absolute atomic E-state index is 12.7. The minimum Gasteiger partial charge on any atom is -0.493 e. The average molecular weight is 424 g/mol. The number of carbonyl (C=O) groups excluding carboxylic acids is 2. The Morgan fingerprint density at radius 3 is 2.62 bits per heavy atom. The lowest BCUT2D eigenvalue weighted by atomic mass is 9.78. The van der Waals surface area contributed by atoms with Crippen LogP contribution in [0.3, 0.4) is 0 Å². The number of ether oxygens (including phenoxy) is 3. The highest BCUT2D eigenvalue weighted by atomic mass is 35.5. The van der Waals surface area contributed by atoms with Crippen LogP contribution in [0.4, 0.5) is 0 Å². The Kier molecular flexibility index (Phi) is 7.28. The molecule has 2 aliphatic rings. The van der Waals surface area contributed by atoms with E-state index in [4.69, 9.17) is 25.8 Å². The maximum Gasteiger partial charge on any atom is 0.338 e. The Labute approximate surface area is 177 Å². The van der Waals surface area contributed by atoms with Crippen molar-refractivity contribution in [1.82, 2.24) is 4.90 Å². The molecule has 0 spiro atoms. The second-order valence-corrected chi connectivity index (χ2v) is 8.48. The van der Waals surface area contributed by atoms with Crippen molar-refractivity contribution >= 4 is 23.5 Å². The number of fused-ring (bicyclic) bond motifs is 1. The summed E-state index contributed by atoms with van der Waals surface area (Å²) < 4.78 is 16.3. The summed E-state index contributed by atoms with van der Waals surface area (Å²) in [4.78, 5) is 27.2. The third-order valence-electron chi connectivity index (χ3n) is 5.71. The number of hydrogen-bond acceptors (Lipinski definition) is 5. The molecular weight excluding hydrogens is 394 g/mol. The van der Waals surface area contributed by atoms with Gasteiger partial charge in [0.2, 0.25) is 0 Å². The third-order valence-corrected chi connectivity index (χ3v) is 5.99. The fourth-order valence-corrected chi connectivity index (χ4v) is 4.67. The lowest BCUT2D eigenvalue weighted by Gasteiger charge is -2.44. The molecule has 1 aromatic carbocycles. The number of carbonyl (C=O) groups is 2. The number of nitrogens with zero attached hydrogens (tertiary/aromatic N) is 1. The molecule has 1 saturated carbocycles. The Bertz CT molecular complexity index is 749. The van der Waals surface area contributed by atoms with Gasteiger partial charge in [0.05, 0.1) is 23.8 Å². The molecule has 0 radical (unpaired) electrons. The van der Waals surface area contributed by atoms with Gasteiger partial charge in [0.25, 0.3) is 5.91 Å². The van der Waals surface area contributed by atoms with Gasteiger partial charge >= 0.3 is 5.97 Å². The van der Waals surface area contributed by atoms with Crippen molar-refractivity contribution in [2.75, 3.05) is 20.3 Å². The fourth-order valence-electron chi connectivity index (χ4n) is 4.42. The van der Waals surface area contributed by atoms with Crippen LogP contribution in [-0.4, -0.2) is 49.2 Å². The van der Waals surface area contributed by atoms with E-state index >= 15 is 0 Å². The van der Waals surface area contributed by atoms with Gasteiger partial charge in [-0.05, 0) is 57.6 Å². The molecule has 0 bridgehead atoms. The monoisotopic (exact) mass is 423 g/mol. The number of piperidine rings is 1. The van der Waals surface area contributed by atoms with Gasteiger partial charge in [-0.3, -0.25) is 4.79 Å². The first kappa shape index (κ1) is 21.8. The topological polar surface area (TPSA) is 65.1 Å². The normalized spacial score (nSPS) is 21.5. The number of hydrogen-bond donors (Lipinski definition) is 0. The predicted molar refractivity (Wildman–Crippen MR) is 111 cm³/mol. The van der Waals surface area contributed by atoms with Gasteiger partial charge < -0.3 is 19.1 Å². The Morgan fingerprint density at radius 2 is 1.90 bits per heavy atom. The Morgan fingerprint density at radius 1 is 1.17 bits per heavy atom. The summed E-state index contributed by atoms with van der Waals surface area (Å²) in [6, 6.07) is 3.30. The van der Waals surface area contributed by atoms with Crippen molar-refractivity contribution in [3.05, 3.63) is 22.7 Å². The second kappa shape index (κ2) is 9.70. The highest BCUT2D eigenvalue weighted by molar-refractivity contribution is 6.32. The summed E-state index contributed by atoms with van der Waals surface area (Å²) in [6.45, 7) is 4.24. The molecule has 29 heavy (non-hydrogen) atoms. The molecule has 1 aliphatic carbocycles. The fraction of sp³-hybridized carbons (Fsp3) is 0.636. The van der Waals surface area contributed by atoms with Gasteiger partial charge in [0, 0.05) is 12.6 Å². The van der Waals surface area contributed by atoms with E-state index in [-0.39, 0.29) is 29.2 Å². The summed E-state index contributed by atoms with van der Waals surface area (Å²) in [5, 5.41) is 0.261. The van der Waals surface area contributed by atoms with Crippen LogP contribution in [0.15, 0.2) is 12.1 Å². The summed E-state index contributed by atoms with van der Waals surface area (Å²) in [5.74, 6) is 0.604. The SMILES string of the molecule is COc1cc(C(=O)OCC(=O)N2CCC[C@H]3CCCC[C@@H]32)cc(Cl)c1OC(C)C. The van der Waals surface area contributed by atoms with Crippen LogP contribution in [-0.2, 0) is 9.53 Å². The number of esters is 1. The highest BCUT2D eigenvalue weighted by Gasteiger charge is 2.35. The van der Waals surface area contributed by atoms with Crippen LogP contribution in [0.25, 0.3) is 0 Å². The number of likely N-dealkylation sites (tertiary alicyclic amines) is 1. The van der Waals surface area contributed by atoms with E-state index in [1.807, 2.05) is 18.7 Å². The minimum absolute atomic E-state index is 0.0926. The lowest BCUT2D eigenvalue weighted by Crippen LogP contribution is -2.50. The molecule has 1 aliphatic heterocycles. The molecule has 1 aromatic rings. The van der Waals surface area contributed by atoms with Crippen LogP contribution in [0.1, 0.15) is 62.7 Å². The minimum atomic E-state index is -0.605. The molecule has 7 heteroatoms. The molecule has 6 nitrogen and oxygen atoms in total. The zero-order valence-corrected chi connectivity index (χ0v) is 18.2. The van der Waals surface area contributed by atoms with Gasteiger partial charge in [-0.15, -0.1) is 0 Å². The zero-order valence-electron chi connectivity index (χ0n) is 17.4. The Hall–Kier alpha value is -1.95. The first-order chi connectivity index (χ1) is 13.9. The smallest absolute Gasteiger partial charge is 0.338 e. The molecule has 3 rings (SSSR count). The van der Waals surface area contributed by atoms with E-state index < -0.39 is 5.97 Å². The van der Waals surface area contributed by atoms with Crippen LogP contribution in [0, 0.1) is 5.92 Å². The van der Waals surface area contributed by atoms with E-state index in [0.29, 0.717) is 23.5 Å².